The summed E-state index contributed by atoms with van der Waals surface area (Å²) in [6.45, 7) is 4.97. The average Bonchev–Trinajstić information content (AvgIpc) is 3.31. The van der Waals surface area contributed by atoms with Crippen LogP contribution in [0, 0.1) is 5.92 Å². The zero-order valence-electron chi connectivity index (χ0n) is 17.8. The van der Waals surface area contributed by atoms with Crippen LogP contribution in [0.5, 0.6) is 5.75 Å². The molecule has 0 unspecified atom stereocenters. The van der Waals surface area contributed by atoms with Gasteiger partial charge in [0, 0.05) is 17.7 Å². The number of nitrogens with zero attached hydrogens (tertiary/aromatic N) is 3. The van der Waals surface area contributed by atoms with Gasteiger partial charge in [-0.3, -0.25) is 4.79 Å². The van der Waals surface area contributed by atoms with E-state index in [1.807, 2.05) is 24.3 Å². The van der Waals surface area contributed by atoms with Crippen molar-refractivity contribution in [3.63, 3.8) is 0 Å². The van der Waals surface area contributed by atoms with E-state index in [9.17, 15) is 9.59 Å². The summed E-state index contributed by atoms with van der Waals surface area (Å²) in [7, 11) is 1.58. The topological polar surface area (TPSA) is 94.8 Å². The molecule has 3 heterocycles. The number of pyridine rings is 1. The molecule has 1 aromatic carbocycles. The normalized spacial score (nSPS) is 16.3. The molecule has 160 valence electrons. The van der Waals surface area contributed by atoms with Crippen LogP contribution < -0.4 is 10.1 Å². The van der Waals surface area contributed by atoms with E-state index < -0.39 is 5.41 Å². The molecule has 1 aliphatic heterocycles. The number of amides is 1. The van der Waals surface area contributed by atoms with Crippen LogP contribution in [0.3, 0.4) is 0 Å². The van der Waals surface area contributed by atoms with Gasteiger partial charge < -0.3 is 14.8 Å². The van der Waals surface area contributed by atoms with Gasteiger partial charge in [0.1, 0.15) is 12.0 Å². The number of cyclic esters (lactones) is 1. The van der Waals surface area contributed by atoms with Crippen LogP contribution in [-0.4, -0.2) is 40.1 Å². The van der Waals surface area contributed by atoms with E-state index in [0.29, 0.717) is 48.1 Å². The van der Waals surface area contributed by atoms with Gasteiger partial charge in [-0.2, -0.15) is 0 Å². The Bertz CT molecular complexity index is 1210. The van der Waals surface area contributed by atoms with Gasteiger partial charge in [0.05, 0.1) is 18.4 Å². The molecule has 0 radical (unpaired) electrons. The number of fused-ring (bicyclic) bond motifs is 2. The smallest absolute Gasteiger partial charge is 0.338 e. The minimum absolute atomic E-state index is 0.0303. The van der Waals surface area contributed by atoms with E-state index >= 15 is 0 Å². The van der Waals surface area contributed by atoms with Crippen molar-refractivity contribution in [1.29, 1.82) is 0 Å². The Morgan fingerprint density at radius 2 is 2.03 bits per heavy atom. The molecule has 0 bridgehead atoms. The summed E-state index contributed by atoms with van der Waals surface area (Å²) in [5.41, 5.74) is 2.85. The van der Waals surface area contributed by atoms with E-state index in [4.69, 9.17) is 19.6 Å². The molecule has 2 aliphatic rings. The van der Waals surface area contributed by atoms with Crippen LogP contribution in [-0.2, 0) is 21.6 Å². The molecule has 8 nitrogen and oxygen atoms in total. The summed E-state index contributed by atoms with van der Waals surface area (Å²) in [5, 5.41) is 7.79. The highest BCUT2D eigenvalue weighted by molar-refractivity contribution is 5.96. The fourth-order valence-corrected chi connectivity index (χ4v) is 4.04. The van der Waals surface area contributed by atoms with Gasteiger partial charge in [0.2, 0.25) is 5.91 Å². The van der Waals surface area contributed by atoms with Gasteiger partial charge in [-0.15, -0.1) is 5.10 Å². The maximum absolute atomic E-state index is 12.9. The molecule has 31 heavy (non-hydrogen) atoms. The van der Waals surface area contributed by atoms with E-state index in [-0.39, 0.29) is 18.5 Å². The average molecular weight is 420 g/mol. The summed E-state index contributed by atoms with van der Waals surface area (Å²) in [4.78, 5) is 29.7. The second-order valence-corrected chi connectivity index (χ2v) is 8.55. The maximum Gasteiger partial charge on any atom is 0.338 e. The van der Waals surface area contributed by atoms with Gasteiger partial charge in [0.25, 0.3) is 0 Å². The van der Waals surface area contributed by atoms with Crippen LogP contribution in [0.2, 0.25) is 0 Å². The first kappa shape index (κ1) is 19.5. The number of esters is 1. The molecule has 0 spiro atoms. The van der Waals surface area contributed by atoms with Crippen molar-refractivity contribution in [1.82, 2.24) is 19.9 Å². The first-order valence-electron chi connectivity index (χ1n) is 10.5. The number of hydrogen-bond acceptors (Lipinski definition) is 6. The van der Waals surface area contributed by atoms with E-state index in [2.05, 4.69) is 19.2 Å². The standard InChI is InChI=1S/C23H24N4O4/c1-13(2)11-24-22(29)23(9-10-23)21-25-19-18(30-3)8-7-17(27(19)26-21)14-5-4-6-15-16(14)12-31-20(15)28/h4-8,13H,9-12H2,1-3H3,(H,24,29). The van der Waals surface area contributed by atoms with E-state index in [1.165, 1.54) is 0 Å². The molecule has 1 aliphatic carbocycles. The minimum atomic E-state index is -0.694. The van der Waals surface area contributed by atoms with Crippen LogP contribution >= 0.6 is 0 Å². The molecule has 1 fully saturated rings. The lowest BCUT2D eigenvalue weighted by molar-refractivity contribution is -0.123. The van der Waals surface area contributed by atoms with Crippen LogP contribution in [0.1, 0.15) is 48.4 Å². The van der Waals surface area contributed by atoms with Crippen molar-refractivity contribution < 1.29 is 19.1 Å². The number of carbonyl (C=O) groups is 2. The van der Waals surface area contributed by atoms with Crippen molar-refractivity contribution in [2.75, 3.05) is 13.7 Å². The third-order valence-corrected chi connectivity index (χ3v) is 5.97. The quantitative estimate of drug-likeness (QED) is 0.616. The largest absolute Gasteiger partial charge is 0.493 e. The first-order chi connectivity index (χ1) is 14.9. The summed E-state index contributed by atoms with van der Waals surface area (Å²) >= 11 is 0. The van der Waals surface area contributed by atoms with Crippen molar-refractivity contribution in [2.45, 2.75) is 38.7 Å². The predicted molar refractivity (Wildman–Crippen MR) is 113 cm³/mol. The fraction of sp³-hybridized carbons (Fsp3) is 0.391. The van der Waals surface area contributed by atoms with Crippen molar-refractivity contribution in [3.8, 4) is 17.0 Å². The Morgan fingerprint density at radius 3 is 2.74 bits per heavy atom. The zero-order chi connectivity index (χ0) is 21.8. The third-order valence-electron chi connectivity index (χ3n) is 5.97. The Hall–Kier alpha value is -3.42. The van der Waals surface area contributed by atoms with Gasteiger partial charge in [-0.1, -0.05) is 26.0 Å². The van der Waals surface area contributed by atoms with Gasteiger partial charge in [-0.25, -0.2) is 14.3 Å². The van der Waals surface area contributed by atoms with E-state index in [1.54, 1.807) is 17.7 Å². The van der Waals surface area contributed by atoms with Crippen molar-refractivity contribution in [3.05, 3.63) is 47.3 Å². The minimum Gasteiger partial charge on any atom is -0.493 e. The maximum atomic E-state index is 12.9. The summed E-state index contributed by atoms with van der Waals surface area (Å²) < 4.78 is 12.4. The summed E-state index contributed by atoms with van der Waals surface area (Å²) in [6.07, 6.45) is 1.43. The number of rotatable bonds is 6. The summed E-state index contributed by atoms with van der Waals surface area (Å²) in [6, 6.07) is 9.25. The molecule has 5 rings (SSSR count). The Labute approximate surface area is 179 Å². The number of methoxy groups -OCH3 is 1. The van der Waals surface area contributed by atoms with Crippen LogP contribution in [0.4, 0.5) is 0 Å². The number of carbonyl (C=O) groups excluding carboxylic acids is 2. The number of aromatic nitrogens is 3. The van der Waals surface area contributed by atoms with Crippen molar-refractivity contribution in [2.24, 2.45) is 5.92 Å². The SMILES string of the molecule is COc1ccc(-c2cccc3c2COC3=O)n2nc(C3(C(=O)NCC(C)C)CC3)nc12. The lowest BCUT2D eigenvalue weighted by Crippen LogP contribution is -2.37. The molecular weight excluding hydrogens is 396 g/mol. The Kier molecular flexibility index (Phi) is 4.46. The molecule has 1 saturated carbocycles. The molecule has 0 saturated heterocycles. The second-order valence-electron chi connectivity index (χ2n) is 8.55. The number of benzene rings is 1. The fourth-order valence-electron chi connectivity index (χ4n) is 4.04. The Balaban J connectivity index is 1.63. The monoisotopic (exact) mass is 420 g/mol. The predicted octanol–water partition coefficient (Wildman–Crippen LogP) is 2.88. The van der Waals surface area contributed by atoms with Crippen LogP contribution in [0.25, 0.3) is 16.9 Å². The number of nitrogens with one attached hydrogen (secondary N) is 1. The first-order valence-corrected chi connectivity index (χ1v) is 10.5. The molecule has 1 N–H and O–H groups in total. The van der Waals surface area contributed by atoms with Gasteiger partial charge >= 0.3 is 5.97 Å². The molecular formula is C23H24N4O4. The molecule has 2 aromatic heterocycles. The Morgan fingerprint density at radius 1 is 1.26 bits per heavy atom. The number of hydrogen-bond donors (Lipinski definition) is 1. The van der Waals surface area contributed by atoms with Crippen LogP contribution in [0.15, 0.2) is 30.3 Å². The molecule has 0 atom stereocenters. The highest BCUT2D eigenvalue weighted by Gasteiger charge is 2.54. The zero-order valence-corrected chi connectivity index (χ0v) is 17.8. The van der Waals surface area contributed by atoms with Crippen molar-refractivity contribution >= 4 is 17.5 Å². The lowest BCUT2D eigenvalue weighted by atomic mass is 10.0. The summed E-state index contributed by atoms with van der Waals surface area (Å²) in [5.74, 6) is 1.09. The van der Waals surface area contributed by atoms with Gasteiger partial charge in [-0.05, 0) is 37.0 Å². The highest BCUT2D eigenvalue weighted by Crippen LogP contribution is 2.47. The highest BCUT2D eigenvalue weighted by atomic mass is 16.5. The second kappa shape index (κ2) is 7.08. The van der Waals surface area contributed by atoms with Gasteiger partial charge in [0.15, 0.2) is 17.2 Å². The third kappa shape index (κ3) is 3.05. The molecule has 8 heteroatoms. The number of ether oxygens (including phenoxy) is 2. The molecule has 3 aromatic rings. The lowest BCUT2D eigenvalue weighted by Gasteiger charge is -2.13. The molecule has 1 amide bonds. The van der Waals surface area contributed by atoms with E-state index in [0.717, 1.165) is 16.8 Å².